The first-order chi connectivity index (χ1) is 22.6. The second-order valence-corrected chi connectivity index (χ2v) is 13.5. The molecular formula is C36H48N6O5. The van der Waals surface area contributed by atoms with Crippen LogP contribution in [0.5, 0.6) is 0 Å². The van der Waals surface area contributed by atoms with Crippen LogP contribution in [0, 0.1) is 11.8 Å². The van der Waals surface area contributed by atoms with E-state index in [4.69, 9.17) is 11.5 Å². The summed E-state index contributed by atoms with van der Waals surface area (Å²) in [6.45, 7) is 2.81. The quantitative estimate of drug-likeness (QED) is 0.310. The average molecular weight is 645 g/mol. The zero-order chi connectivity index (χ0) is 33.5. The number of nitrogens with one attached hydrogen (secondary N) is 2. The highest BCUT2D eigenvalue weighted by Gasteiger charge is 2.45. The minimum atomic E-state index is -1.06. The van der Waals surface area contributed by atoms with Crippen LogP contribution in [0.1, 0.15) is 81.9 Å². The Morgan fingerprint density at radius 3 is 2.06 bits per heavy atom. The lowest BCUT2D eigenvalue weighted by molar-refractivity contribution is -0.146. The van der Waals surface area contributed by atoms with Crippen LogP contribution < -0.4 is 22.1 Å². The van der Waals surface area contributed by atoms with E-state index in [1.807, 2.05) is 60.7 Å². The van der Waals surface area contributed by atoms with E-state index >= 15 is 0 Å². The fraction of sp³-hybridized carbons (Fsp3) is 0.528. The maximum absolute atomic E-state index is 13.8. The molecule has 3 aliphatic rings. The molecule has 0 radical (unpaired) electrons. The molecule has 0 unspecified atom stereocenters. The lowest BCUT2D eigenvalue weighted by Gasteiger charge is -2.39. The molecule has 2 aromatic carbocycles. The predicted octanol–water partition coefficient (Wildman–Crippen LogP) is 2.39. The standard InChI is InChI=1S/C36H48N6O5/c1-23-12-14-26(15-13-23)35(46)41-21-20-27-16-18-30(42(27)36(47)28(37)22-41)34(45)39-29(17-19-31(38)43)33(44)40-32(24-8-4-2-5-9-24)25-10-6-3-7-11-25/h2-11,23,26-30,32H,12-22,37H2,1H3,(H2,38,43)(H,39,45)(H,40,44)/t23-,26+,27-,28+,29+,30+/m1/s1. The maximum atomic E-state index is 13.8. The number of benzene rings is 2. The van der Waals surface area contributed by atoms with Gasteiger partial charge >= 0.3 is 0 Å². The molecule has 2 aliphatic heterocycles. The van der Waals surface area contributed by atoms with E-state index in [0.29, 0.717) is 31.7 Å². The van der Waals surface area contributed by atoms with Gasteiger partial charge in [-0.05, 0) is 68.4 Å². The van der Waals surface area contributed by atoms with Crippen LogP contribution in [-0.4, -0.2) is 76.6 Å². The van der Waals surface area contributed by atoms with Crippen molar-refractivity contribution in [1.82, 2.24) is 20.4 Å². The number of nitrogens with zero attached hydrogens (tertiary/aromatic N) is 2. The van der Waals surface area contributed by atoms with Gasteiger partial charge in [-0.15, -0.1) is 0 Å². The van der Waals surface area contributed by atoms with Crippen molar-refractivity contribution in [2.75, 3.05) is 13.1 Å². The minimum absolute atomic E-state index is 0.00380. The Labute approximate surface area is 276 Å². The number of carbonyl (C=O) groups excluding carboxylic acids is 5. The van der Waals surface area contributed by atoms with E-state index in [-0.39, 0.29) is 43.2 Å². The molecule has 252 valence electrons. The van der Waals surface area contributed by atoms with Gasteiger partial charge in [-0.2, -0.15) is 0 Å². The van der Waals surface area contributed by atoms with Crippen molar-refractivity contribution in [2.24, 2.45) is 23.3 Å². The molecule has 47 heavy (non-hydrogen) atoms. The Morgan fingerprint density at radius 1 is 0.851 bits per heavy atom. The van der Waals surface area contributed by atoms with E-state index in [1.165, 1.54) is 0 Å². The van der Waals surface area contributed by atoms with E-state index < -0.39 is 41.9 Å². The van der Waals surface area contributed by atoms with Crippen molar-refractivity contribution < 1.29 is 24.0 Å². The second kappa shape index (κ2) is 15.6. The SMILES string of the molecule is C[C@H]1CC[C@@H](C(=O)N2CC[C@H]3CC[C@@H](C(=O)N[C@@H](CCC(N)=O)C(=O)NC(c4ccccc4)c4ccccc4)N3C(=O)[C@@H](N)C2)CC1. The number of nitrogens with two attached hydrogens (primary N) is 2. The van der Waals surface area contributed by atoms with Gasteiger partial charge in [0.1, 0.15) is 18.1 Å². The van der Waals surface area contributed by atoms with E-state index in [2.05, 4.69) is 17.6 Å². The van der Waals surface area contributed by atoms with Gasteiger partial charge in [0.15, 0.2) is 0 Å². The summed E-state index contributed by atoms with van der Waals surface area (Å²) in [4.78, 5) is 69.8. The van der Waals surface area contributed by atoms with E-state index in [9.17, 15) is 24.0 Å². The van der Waals surface area contributed by atoms with Crippen LogP contribution in [0.2, 0.25) is 0 Å². The molecule has 2 heterocycles. The Kier molecular flexibility index (Phi) is 11.3. The zero-order valence-corrected chi connectivity index (χ0v) is 27.2. The smallest absolute Gasteiger partial charge is 0.243 e. The van der Waals surface area contributed by atoms with Gasteiger partial charge in [-0.1, -0.05) is 67.6 Å². The second-order valence-electron chi connectivity index (χ2n) is 13.5. The summed E-state index contributed by atoms with van der Waals surface area (Å²) in [7, 11) is 0. The molecule has 3 fully saturated rings. The largest absolute Gasteiger partial charge is 0.370 e. The Morgan fingerprint density at radius 2 is 1.47 bits per heavy atom. The molecule has 0 spiro atoms. The monoisotopic (exact) mass is 644 g/mol. The summed E-state index contributed by atoms with van der Waals surface area (Å²) in [5, 5.41) is 5.90. The number of primary amides is 1. The third-order valence-corrected chi connectivity index (χ3v) is 10.1. The summed E-state index contributed by atoms with van der Waals surface area (Å²) >= 11 is 0. The Bertz CT molecular complexity index is 1370. The van der Waals surface area contributed by atoms with Crippen molar-refractivity contribution in [3.05, 3.63) is 71.8 Å². The fourth-order valence-electron chi connectivity index (χ4n) is 7.34. The van der Waals surface area contributed by atoms with Gasteiger partial charge in [-0.25, -0.2) is 0 Å². The average Bonchev–Trinajstić information content (AvgIpc) is 3.50. The van der Waals surface area contributed by atoms with Gasteiger partial charge in [0.05, 0.1) is 6.04 Å². The van der Waals surface area contributed by atoms with Gasteiger partial charge in [0.2, 0.25) is 29.5 Å². The van der Waals surface area contributed by atoms with Crippen LogP contribution in [0.15, 0.2) is 60.7 Å². The third kappa shape index (κ3) is 8.38. The molecule has 0 bridgehead atoms. The van der Waals surface area contributed by atoms with Gasteiger partial charge in [-0.3, -0.25) is 24.0 Å². The van der Waals surface area contributed by atoms with Crippen molar-refractivity contribution in [1.29, 1.82) is 0 Å². The van der Waals surface area contributed by atoms with E-state index in [0.717, 1.165) is 36.8 Å². The van der Waals surface area contributed by atoms with Crippen LogP contribution in [0.4, 0.5) is 0 Å². The van der Waals surface area contributed by atoms with Gasteiger partial charge in [0, 0.05) is 31.5 Å². The maximum Gasteiger partial charge on any atom is 0.243 e. The molecule has 2 saturated heterocycles. The van der Waals surface area contributed by atoms with Gasteiger partial charge < -0.3 is 31.9 Å². The molecule has 6 N–H and O–H groups in total. The topological polar surface area (TPSA) is 168 Å². The zero-order valence-electron chi connectivity index (χ0n) is 27.2. The number of amides is 5. The number of rotatable bonds is 10. The Balaban J connectivity index is 1.28. The molecule has 1 saturated carbocycles. The van der Waals surface area contributed by atoms with Crippen LogP contribution in [-0.2, 0) is 24.0 Å². The molecule has 5 amide bonds. The van der Waals surface area contributed by atoms with Crippen molar-refractivity contribution >= 4 is 29.5 Å². The first kappa shape index (κ1) is 34.1. The lowest BCUT2D eigenvalue weighted by atomic mass is 9.82. The highest BCUT2D eigenvalue weighted by molar-refractivity contribution is 5.94. The molecule has 1 aliphatic carbocycles. The first-order valence-electron chi connectivity index (χ1n) is 17.0. The summed E-state index contributed by atoms with van der Waals surface area (Å²) < 4.78 is 0. The van der Waals surface area contributed by atoms with Gasteiger partial charge in [0.25, 0.3) is 0 Å². The molecule has 5 rings (SSSR count). The molecule has 4 atom stereocenters. The fourth-order valence-corrected chi connectivity index (χ4v) is 7.34. The number of hydrogen-bond donors (Lipinski definition) is 4. The van der Waals surface area contributed by atoms with Crippen molar-refractivity contribution in [2.45, 2.75) is 94.9 Å². The first-order valence-corrected chi connectivity index (χ1v) is 17.0. The molecule has 2 aromatic rings. The highest BCUT2D eigenvalue weighted by Crippen LogP contribution is 2.32. The molecule has 11 nitrogen and oxygen atoms in total. The Hall–Kier alpha value is -4.25. The highest BCUT2D eigenvalue weighted by atomic mass is 16.2. The van der Waals surface area contributed by atoms with Crippen molar-refractivity contribution in [3.8, 4) is 0 Å². The van der Waals surface area contributed by atoms with Crippen molar-refractivity contribution in [3.63, 3.8) is 0 Å². The number of fused-ring (bicyclic) bond motifs is 1. The third-order valence-electron chi connectivity index (χ3n) is 10.1. The molecule has 11 heteroatoms. The van der Waals surface area contributed by atoms with Crippen LogP contribution >= 0.6 is 0 Å². The summed E-state index contributed by atoms with van der Waals surface area (Å²) in [6, 6.07) is 15.4. The van der Waals surface area contributed by atoms with Crippen LogP contribution in [0.25, 0.3) is 0 Å². The summed E-state index contributed by atoms with van der Waals surface area (Å²) in [5.41, 5.74) is 13.6. The number of carbonyl (C=O) groups is 5. The van der Waals surface area contributed by atoms with Crippen LogP contribution in [0.3, 0.4) is 0 Å². The summed E-state index contributed by atoms with van der Waals surface area (Å²) in [5.74, 6) is -1.22. The predicted molar refractivity (Wildman–Crippen MR) is 177 cm³/mol. The lowest BCUT2D eigenvalue weighted by Crippen LogP contribution is -2.60. The molecular weight excluding hydrogens is 596 g/mol. The summed E-state index contributed by atoms with van der Waals surface area (Å²) in [6.07, 6.45) is 5.22. The molecule has 0 aromatic heterocycles. The van der Waals surface area contributed by atoms with E-state index in [1.54, 1.807) is 9.80 Å². The minimum Gasteiger partial charge on any atom is -0.370 e. The number of hydrogen-bond acceptors (Lipinski definition) is 6. The normalized spacial score (nSPS) is 25.3.